The monoisotopic (exact) mass is 283 g/mol. The van der Waals surface area contributed by atoms with E-state index in [-0.39, 0.29) is 6.04 Å². The molecular weight excluding hydrogens is 258 g/mol. The Hall–Kier alpha value is -0.640. The van der Waals surface area contributed by atoms with Crippen molar-refractivity contribution in [1.82, 2.24) is 10.4 Å². The van der Waals surface area contributed by atoms with E-state index in [1.165, 1.54) is 44.9 Å². The van der Waals surface area contributed by atoms with Crippen molar-refractivity contribution in [3.8, 4) is 0 Å². The van der Waals surface area contributed by atoms with E-state index in [0.717, 1.165) is 12.0 Å². The van der Waals surface area contributed by atoms with E-state index in [9.17, 15) is 0 Å². The second kappa shape index (κ2) is 10.2. The minimum Gasteiger partial charge on any atom is -0.271 e. The minimum absolute atomic E-state index is 0.177. The summed E-state index contributed by atoms with van der Waals surface area (Å²) < 4.78 is 0. The summed E-state index contributed by atoms with van der Waals surface area (Å²) in [5.74, 6) is 5.62. The van der Waals surface area contributed by atoms with Gasteiger partial charge in [0, 0.05) is 12.2 Å². The van der Waals surface area contributed by atoms with Gasteiger partial charge in [0.2, 0.25) is 0 Å². The van der Waals surface area contributed by atoms with Crippen LogP contribution in [0.4, 0.5) is 0 Å². The van der Waals surface area contributed by atoms with Crippen molar-refractivity contribution in [2.75, 3.05) is 0 Å². The SMILES string of the molecule is CCCCCCCCCC(NN)c1ccnc(Cl)c1. The third-order valence-electron chi connectivity index (χ3n) is 3.45. The van der Waals surface area contributed by atoms with Crippen LogP contribution in [0.3, 0.4) is 0 Å². The van der Waals surface area contributed by atoms with Gasteiger partial charge in [0.1, 0.15) is 5.15 Å². The smallest absolute Gasteiger partial charge is 0.129 e. The van der Waals surface area contributed by atoms with Crippen molar-refractivity contribution in [2.45, 2.75) is 64.3 Å². The van der Waals surface area contributed by atoms with E-state index >= 15 is 0 Å². The van der Waals surface area contributed by atoms with Gasteiger partial charge in [-0.25, -0.2) is 4.98 Å². The van der Waals surface area contributed by atoms with E-state index in [0.29, 0.717) is 5.15 Å². The molecule has 0 amide bonds. The highest BCUT2D eigenvalue weighted by Gasteiger charge is 2.09. The third kappa shape index (κ3) is 6.90. The number of hydrogen-bond donors (Lipinski definition) is 2. The fraction of sp³-hybridized carbons (Fsp3) is 0.667. The number of hydrogen-bond acceptors (Lipinski definition) is 3. The van der Waals surface area contributed by atoms with Gasteiger partial charge in [-0.15, -0.1) is 0 Å². The van der Waals surface area contributed by atoms with Crippen LogP contribution in [0.2, 0.25) is 5.15 Å². The van der Waals surface area contributed by atoms with Gasteiger partial charge in [-0.2, -0.15) is 0 Å². The van der Waals surface area contributed by atoms with E-state index in [2.05, 4.69) is 17.3 Å². The van der Waals surface area contributed by atoms with Crippen molar-refractivity contribution in [3.05, 3.63) is 29.0 Å². The standard InChI is InChI=1S/C15H26ClN3/c1-2-3-4-5-6-7-8-9-14(19-17)13-10-11-18-15(16)12-13/h10-12,14,19H,2-9,17H2,1H3. The Bertz CT molecular complexity index is 344. The number of nitrogens with two attached hydrogens (primary N) is 1. The molecule has 0 aliphatic rings. The Balaban J connectivity index is 2.22. The van der Waals surface area contributed by atoms with Crippen LogP contribution >= 0.6 is 11.6 Å². The average Bonchev–Trinajstić information content (AvgIpc) is 2.42. The zero-order valence-corrected chi connectivity index (χ0v) is 12.6. The Morgan fingerprint density at radius 3 is 2.53 bits per heavy atom. The van der Waals surface area contributed by atoms with Crippen LogP contribution in [0.5, 0.6) is 0 Å². The second-order valence-electron chi connectivity index (χ2n) is 5.04. The molecule has 19 heavy (non-hydrogen) atoms. The second-order valence-corrected chi connectivity index (χ2v) is 5.43. The van der Waals surface area contributed by atoms with Gasteiger partial charge in [0.15, 0.2) is 0 Å². The highest BCUT2D eigenvalue weighted by atomic mass is 35.5. The number of nitrogens with zero attached hydrogens (tertiary/aromatic N) is 1. The molecule has 1 aromatic heterocycles. The molecule has 1 unspecified atom stereocenters. The van der Waals surface area contributed by atoms with Crippen LogP contribution in [0.25, 0.3) is 0 Å². The van der Waals surface area contributed by atoms with E-state index < -0.39 is 0 Å². The summed E-state index contributed by atoms with van der Waals surface area (Å²) in [6.07, 6.45) is 12.0. The first kappa shape index (κ1) is 16.4. The van der Waals surface area contributed by atoms with Crippen LogP contribution in [0.15, 0.2) is 18.3 Å². The summed E-state index contributed by atoms with van der Waals surface area (Å²) >= 11 is 5.90. The zero-order valence-electron chi connectivity index (χ0n) is 11.9. The molecule has 0 radical (unpaired) electrons. The van der Waals surface area contributed by atoms with Crippen LogP contribution in [0.1, 0.15) is 69.9 Å². The first-order valence-corrected chi connectivity index (χ1v) is 7.73. The minimum atomic E-state index is 0.177. The molecule has 4 heteroatoms. The Labute approximate surface area is 121 Å². The summed E-state index contributed by atoms with van der Waals surface area (Å²) in [6, 6.07) is 4.03. The molecule has 1 atom stereocenters. The molecular formula is C15H26ClN3. The number of hydrazine groups is 1. The topological polar surface area (TPSA) is 50.9 Å². The largest absolute Gasteiger partial charge is 0.271 e. The van der Waals surface area contributed by atoms with E-state index in [4.69, 9.17) is 17.4 Å². The maximum absolute atomic E-state index is 5.90. The molecule has 108 valence electrons. The number of pyridine rings is 1. The fourth-order valence-electron chi connectivity index (χ4n) is 2.29. The van der Waals surface area contributed by atoms with Crippen molar-refractivity contribution < 1.29 is 0 Å². The van der Waals surface area contributed by atoms with Gasteiger partial charge >= 0.3 is 0 Å². The lowest BCUT2D eigenvalue weighted by Gasteiger charge is -2.16. The number of halogens is 1. The van der Waals surface area contributed by atoms with Crippen molar-refractivity contribution >= 4 is 11.6 Å². The molecule has 0 bridgehead atoms. The lowest BCUT2D eigenvalue weighted by molar-refractivity contribution is 0.475. The highest BCUT2D eigenvalue weighted by molar-refractivity contribution is 6.29. The van der Waals surface area contributed by atoms with Gasteiger partial charge in [0.05, 0.1) is 0 Å². The fourth-order valence-corrected chi connectivity index (χ4v) is 2.47. The molecule has 1 rings (SSSR count). The van der Waals surface area contributed by atoms with Gasteiger partial charge in [0.25, 0.3) is 0 Å². The number of unbranched alkanes of at least 4 members (excludes halogenated alkanes) is 6. The summed E-state index contributed by atoms with van der Waals surface area (Å²) in [5.41, 5.74) is 3.99. The van der Waals surface area contributed by atoms with Gasteiger partial charge in [-0.3, -0.25) is 11.3 Å². The lowest BCUT2D eigenvalue weighted by atomic mass is 10.0. The molecule has 3 N–H and O–H groups in total. The quantitative estimate of drug-likeness (QED) is 0.290. The summed E-state index contributed by atoms with van der Waals surface area (Å²) in [7, 11) is 0. The Morgan fingerprint density at radius 1 is 1.21 bits per heavy atom. The predicted octanol–water partition coefficient (Wildman–Crippen LogP) is 4.38. The van der Waals surface area contributed by atoms with Crippen LogP contribution in [-0.4, -0.2) is 4.98 Å². The van der Waals surface area contributed by atoms with Crippen molar-refractivity contribution in [2.24, 2.45) is 5.84 Å². The first-order chi connectivity index (χ1) is 9.27. The number of nitrogens with one attached hydrogen (secondary N) is 1. The average molecular weight is 284 g/mol. The van der Waals surface area contributed by atoms with Gasteiger partial charge in [-0.1, -0.05) is 63.5 Å². The normalized spacial score (nSPS) is 12.6. The summed E-state index contributed by atoms with van der Waals surface area (Å²) in [5, 5.41) is 0.525. The van der Waals surface area contributed by atoms with Crippen LogP contribution in [-0.2, 0) is 0 Å². The molecule has 0 aromatic carbocycles. The highest BCUT2D eigenvalue weighted by Crippen LogP contribution is 2.21. The molecule has 0 saturated heterocycles. The predicted molar refractivity (Wildman–Crippen MR) is 81.9 cm³/mol. The van der Waals surface area contributed by atoms with Crippen LogP contribution < -0.4 is 11.3 Å². The molecule has 0 saturated carbocycles. The molecule has 0 fully saturated rings. The zero-order chi connectivity index (χ0) is 13.9. The lowest BCUT2D eigenvalue weighted by Crippen LogP contribution is -2.28. The van der Waals surface area contributed by atoms with Crippen molar-refractivity contribution in [1.29, 1.82) is 0 Å². The van der Waals surface area contributed by atoms with Crippen LogP contribution in [0, 0.1) is 0 Å². The van der Waals surface area contributed by atoms with Crippen molar-refractivity contribution in [3.63, 3.8) is 0 Å². The number of rotatable bonds is 10. The van der Waals surface area contributed by atoms with Gasteiger partial charge < -0.3 is 0 Å². The van der Waals surface area contributed by atoms with E-state index in [1.807, 2.05) is 12.1 Å². The van der Waals surface area contributed by atoms with E-state index in [1.54, 1.807) is 6.20 Å². The molecule has 1 aromatic rings. The maximum Gasteiger partial charge on any atom is 0.129 e. The maximum atomic E-state index is 5.90. The number of aromatic nitrogens is 1. The molecule has 3 nitrogen and oxygen atoms in total. The molecule has 0 aliphatic carbocycles. The third-order valence-corrected chi connectivity index (χ3v) is 3.66. The molecule has 0 aliphatic heterocycles. The summed E-state index contributed by atoms with van der Waals surface area (Å²) in [6.45, 7) is 2.25. The Kier molecular flexibility index (Phi) is 8.80. The van der Waals surface area contributed by atoms with Gasteiger partial charge in [-0.05, 0) is 24.1 Å². The Morgan fingerprint density at radius 2 is 1.89 bits per heavy atom. The first-order valence-electron chi connectivity index (χ1n) is 7.35. The summed E-state index contributed by atoms with van der Waals surface area (Å²) in [4.78, 5) is 3.99. The molecule has 0 spiro atoms. The molecule has 1 heterocycles.